The molecule has 0 fully saturated rings. The third-order valence-corrected chi connectivity index (χ3v) is 15.6. The van der Waals surface area contributed by atoms with Crippen LogP contribution in [-0.4, -0.2) is 62.9 Å². The van der Waals surface area contributed by atoms with Crippen LogP contribution in [-0.2, 0) is 0 Å². The Balaban J connectivity index is 5.39. The van der Waals surface area contributed by atoms with Crippen molar-refractivity contribution in [2.24, 2.45) is 0 Å². The zero-order chi connectivity index (χ0) is 15.3. The molecule has 0 unspecified atom stereocenters. The minimum Gasteiger partial charge on any atom is -0.322 e. The maximum Gasteiger partial charge on any atom is 0.194 e. The van der Waals surface area contributed by atoms with Gasteiger partial charge in [-0.15, -0.1) is 0 Å². The monoisotopic (exact) mass is 303 g/mol. The van der Waals surface area contributed by atoms with Crippen molar-refractivity contribution >= 4 is 16.8 Å². The van der Waals surface area contributed by atoms with E-state index in [1.807, 2.05) is 0 Å². The van der Waals surface area contributed by atoms with Gasteiger partial charge in [0.1, 0.15) is 0 Å². The summed E-state index contributed by atoms with van der Waals surface area (Å²) in [7, 11) is -3.01. The third kappa shape index (κ3) is 4.14. The van der Waals surface area contributed by atoms with Crippen molar-refractivity contribution in [3.63, 3.8) is 0 Å². The summed E-state index contributed by atoms with van der Waals surface area (Å²) in [4.78, 5) is 0. The summed E-state index contributed by atoms with van der Waals surface area (Å²) in [6.45, 7) is 27.6. The van der Waals surface area contributed by atoms with Crippen molar-refractivity contribution in [2.45, 2.75) is 60.8 Å². The first-order valence-corrected chi connectivity index (χ1v) is 13.8. The molecule has 0 radical (unpaired) electrons. The summed E-state index contributed by atoms with van der Waals surface area (Å²) in [5.74, 6) is 0. The van der Waals surface area contributed by atoms with Crippen LogP contribution >= 0.6 is 0 Å². The molecule has 0 amide bonds. The number of hydrogen-bond acceptors (Lipinski definition) is 3. The second-order valence-corrected chi connectivity index (χ2v) is 14.8. The normalized spacial score (nSPS) is 13.9. The largest absolute Gasteiger partial charge is 0.322 e. The maximum atomic E-state index is 2.90. The molecule has 0 aliphatic rings. The highest BCUT2D eigenvalue weighted by molar-refractivity contribution is 6.88. The van der Waals surface area contributed by atoms with Gasteiger partial charge in [0.15, 0.2) is 16.8 Å². The van der Waals surface area contributed by atoms with Gasteiger partial charge in [0.2, 0.25) is 0 Å². The molecule has 116 valence electrons. The minimum absolute atomic E-state index is 1.18. The molecule has 0 aromatic rings. The summed E-state index contributed by atoms with van der Waals surface area (Å²) in [6, 6.07) is 0. The molecule has 0 saturated heterocycles. The SMILES string of the molecule is CCN(CC)[Si](C)(C)N(CC)[Si](C)(C)N(CC)CC. The van der Waals surface area contributed by atoms with Gasteiger partial charge in [0.25, 0.3) is 0 Å². The van der Waals surface area contributed by atoms with Crippen LogP contribution in [0.2, 0.25) is 26.2 Å². The van der Waals surface area contributed by atoms with Gasteiger partial charge >= 0.3 is 0 Å². The molecule has 0 saturated carbocycles. The fourth-order valence-electron chi connectivity index (χ4n) is 3.78. The van der Waals surface area contributed by atoms with E-state index in [9.17, 15) is 0 Å². The zero-order valence-electron chi connectivity index (χ0n) is 14.9. The Morgan fingerprint density at radius 2 is 0.789 bits per heavy atom. The molecule has 3 nitrogen and oxygen atoms in total. The first kappa shape index (κ1) is 19.3. The molecule has 5 heteroatoms. The number of nitrogens with zero attached hydrogens (tertiary/aromatic N) is 3. The molecule has 0 N–H and O–H groups in total. The summed E-state index contributed by atoms with van der Waals surface area (Å²) in [5, 5.41) is 0. The first-order valence-electron chi connectivity index (χ1n) is 8.01. The Hall–Kier alpha value is 0.314. The van der Waals surface area contributed by atoms with Gasteiger partial charge in [-0.3, -0.25) is 0 Å². The molecular formula is C14H37N3Si2. The summed E-state index contributed by atoms with van der Waals surface area (Å²) in [5.41, 5.74) is 0. The van der Waals surface area contributed by atoms with Crippen LogP contribution in [0.3, 0.4) is 0 Å². The Morgan fingerprint density at radius 1 is 0.526 bits per heavy atom. The van der Waals surface area contributed by atoms with Gasteiger partial charge in [0, 0.05) is 0 Å². The Bertz CT molecular complexity index is 225. The van der Waals surface area contributed by atoms with E-state index in [-0.39, 0.29) is 0 Å². The highest BCUT2D eigenvalue weighted by Crippen LogP contribution is 2.25. The van der Waals surface area contributed by atoms with E-state index < -0.39 is 16.8 Å². The molecular weight excluding hydrogens is 266 g/mol. The predicted molar refractivity (Wildman–Crippen MR) is 93.2 cm³/mol. The lowest BCUT2D eigenvalue weighted by atomic mass is 10.7. The lowest BCUT2D eigenvalue weighted by Crippen LogP contribution is -2.74. The topological polar surface area (TPSA) is 9.72 Å². The van der Waals surface area contributed by atoms with Crippen molar-refractivity contribution in [3.8, 4) is 0 Å². The number of hydrogen-bond donors (Lipinski definition) is 0. The van der Waals surface area contributed by atoms with E-state index in [1.54, 1.807) is 0 Å². The summed E-state index contributed by atoms with van der Waals surface area (Å²) >= 11 is 0. The Kier molecular flexibility index (Phi) is 8.06. The maximum absolute atomic E-state index is 2.90. The van der Waals surface area contributed by atoms with Crippen LogP contribution in [0.25, 0.3) is 0 Å². The van der Waals surface area contributed by atoms with Gasteiger partial charge in [-0.2, -0.15) is 0 Å². The smallest absolute Gasteiger partial charge is 0.194 e. The van der Waals surface area contributed by atoms with Crippen molar-refractivity contribution in [3.05, 3.63) is 0 Å². The van der Waals surface area contributed by atoms with Crippen LogP contribution < -0.4 is 0 Å². The fraction of sp³-hybridized carbons (Fsp3) is 1.00. The van der Waals surface area contributed by atoms with Gasteiger partial charge in [-0.05, 0) is 58.9 Å². The molecule has 0 aromatic heterocycles. The highest BCUT2D eigenvalue weighted by atomic mass is 28.4. The van der Waals surface area contributed by atoms with Crippen LogP contribution in [0, 0.1) is 0 Å². The van der Waals surface area contributed by atoms with Crippen LogP contribution in [0.5, 0.6) is 0 Å². The quantitative estimate of drug-likeness (QED) is 0.605. The van der Waals surface area contributed by atoms with E-state index >= 15 is 0 Å². The first-order chi connectivity index (χ1) is 8.73. The molecule has 0 aromatic carbocycles. The van der Waals surface area contributed by atoms with Gasteiger partial charge in [-0.25, -0.2) is 0 Å². The lowest BCUT2D eigenvalue weighted by Gasteiger charge is -2.53. The number of rotatable bonds is 9. The van der Waals surface area contributed by atoms with E-state index in [2.05, 4.69) is 74.2 Å². The van der Waals surface area contributed by atoms with Gasteiger partial charge in [-0.1, -0.05) is 34.6 Å². The average molecular weight is 304 g/mol. The van der Waals surface area contributed by atoms with E-state index in [0.717, 1.165) is 0 Å². The minimum atomic E-state index is -1.51. The summed E-state index contributed by atoms with van der Waals surface area (Å²) < 4.78 is 8.34. The molecule has 0 aliphatic heterocycles. The van der Waals surface area contributed by atoms with Crippen molar-refractivity contribution < 1.29 is 0 Å². The molecule has 0 spiro atoms. The molecule has 0 bridgehead atoms. The van der Waals surface area contributed by atoms with Crippen molar-refractivity contribution in [1.29, 1.82) is 0 Å². The van der Waals surface area contributed by atoms with Crippen LogP contribution in [0.4, 0.5) is 0 Å². The highest BCUT2D eigenvalue weighted by Gasteiger charge is 2.45. The van der Waals surface area contributed by atoms with E-state index in [0.29, 0.717) is 0 Å². The molecule has 19 heavy (non-hydrogen) atoms. The van der Waals surface area contributed by atoms with Gasteiger partial charge < -0.3 is 13.4 Å². The lowest BCUT2D eigenvalue weighted by molar-refractivity contribution is 0.375. The third-order valence-electron chi connectivity index (χ3n) is 4.71. The van der Waals surface area contributed by atoms with Crippen molar-refractivity contribution in [1.82, 2.24) is 13.4 Å². The Labute approximate surface area is 124 Å². The Morgan fingerprint density at radius 3 is 0.947 bits per heavy atom. The fourth-order valence-corrected chi connectivity index (χ4v) is 15.3. The van der Waals surface area contributed by atoms with Crippen LogP contribution in [0.15, 0.2) is 0 Å². The summed E-state index contributed by atoms with van der Waals surface area (Å²) in [6.07, 6.45) is 0. The van der Waals surface area contributed by atoms with E-state index in [4.69, 9.17) is 0 Å². The molecule has 0 rings (SSSR count). The molecule has 0 atom stereocenters. The molecule has 0 heterocycles. The van der Waals surface area contributed by atoms with Crippen LogP contribution in [0.1, 0.15) is 34.6 Å². The second kappa shape index (κ2) is 7.93. The van der Waals surface area contributed by atoms with Gasteiger partial charge in [0.05, 0.1) is 0 Å². The zero-order valence-corrected chi connectivity index (χ0v) is 16.9. The van der Waals surface area contributed by atoms with Crippen molar-refractivity contribution in [2.75, 3.05) is 32.7 Å². The predicted octanol–water partition coefficient (Wildman–Crippen LogP) is 3.40. The molecule has 0 aliphatic carbocycles. The van der Waals surface area contributed by atoms with E-state index in [1.165, 1.54) is 32.7 Å². The standard InChI is InChI=1S/C14H37N3Si2/c1-10-15(11-2)18(6,7)17(14-5)19(8,9)16(12-3)13-4/h10-14H2,1-9H3. The average Bonchev–Trinajstić information content (AvgIpc) is 2.31. The second-order valence-electron chi connectivity index (χ2n) is 6.08.